The fraction of sp³-hybridized carbons (Fsp3) is 0.846. The van der Waals surface area contributed by atoms with Crippen molar-refractivity contribution in [3.8, 4) is 0 Å². The van der Waals surface area contributed by atoms with Gasteiger partial charge in [-0.3, -0.25) is 0 Å². The topological polar surface area (TPSA) is 70.1 Å². The molecular weight excluding hydrogens is 248 g/mol. The molecule has 106 valence electrons. The summed E-state index contributed by atoms with van der Waals surface area (Å²) in [6.45, 7) is 3.65. The van der Waals surface area contributed by atoms with Crippen LogP contribution >= 0.6 is 0 Å². The number of fused-ring (bicyclic) bond motifs is 2. The van der Waals surface area contributed by atoms with Crippen LogP contribution in [0.1, 0.15) is 26.2 Å². The third-order valence-corrected chi connectivity index (χ3v) is 4.51. The van der Waals surface area contributed by atoms with E-state index in [9.17, 15) is 14.7 Å². The standard InChI is InChI=1S/C13H20N2O4/c1-8-4-5-15(11(8)12(16)17)13(18)14-6-9-2-3-10(7-14)19-9/h8-11H,2-7H2,1H3,(H,16,17). The second kappa shape index (κ2) is 4.67. The molecule has 6 nitrogen and oxygen atoms in total. The Morgan fingerprint density at radius 2 is 1.79 bits per heavy atom. The number of amides is 2. The van der Waals surface area contributed by atoms with Gasteiger partial charge in [-0.2, -0.15) is 0 Å². The van der Waals surface area contributed by atoms with Crippen LogP contribution in [0.3, 0.4) is 0 Å². The summed E-state index contributed by atoms with van der Waals surface area (Å²) < 4.78 is 5.71. The predicted molar refractivity (Wildman–Crippen MR) is 66.8 cm³/mol. The van der Waals surface area contributed by atoms with E-state index in [0.717, 1.165) is 19.3 Å². The first kappa shape index (κ1) is 12.7. The first-order valence-corrected chi connectivity index (χ1v) is 7.00. The first-order chi connectivity index (χ1) is 9.06. The highest BCUT2D eigenvalue weighted by Crippen LogP contribution is 2.30. The van der Waals surface area contributed by atoms with E-state index >= 15 is 0 Å². The Kier molecular flexibility index (Phi) is 3.12. The van der Waals surface area contributed by atoms with E-state index in [1.54, 1.807) is 4.90 Å². The van der Waals surface area contributed by atoms with Crippen molar-refractivity contribution in [1.82, 2.24) is 9.80 Å². The molecule has 0 aromatic heterocycles. The lowest BCUT2D eigenvalue weighted by atomic mass is 10.0. The van der Waals surface area contributed by atoms with Crippen LogP contribution < -0.4 is 0 Å². The Morgan fingerprint density at radius 1 is 1.16 bits per heavy atom. The minimum atomic E-state index is -0.894. The lowest BCUT2D eigenvalue weighted by Gasteiger charge is -2.36. The van der Waals surface area contributed by atoms with Crippen LogP contribution in [0.5, 0.6) is 0 Å². The molecule has 0 aromatic rings. The van der Waals surface area contributed by atoms with Crippen molar-refractivity contribution in [2.45, 2.75) is 44.4 Å². The summed E-state index contributed by atoms with van der Waals surface area (Å²) in [6.07, 6.45) is 3.07. The SMILES string of the molecule is CC1CCN(C(=O)N2CC3CCC(C2)O3)C1C(=O)O. The number of carbonyl (C=O) groups excluding carboxylic acids is 1. The normalized spacial score (nSPS) is 37.7. The quantitative estimate of drug-likeness (QED) is 0.762. The Balaban J connectivity index is 1.71. The van der Waals surface area contributed by atoms with Gasteiger partial charge < -0.3 is 19.6 Å². The number of carboxylic acids is 1. The third-order valence-electron chi connectivity index (χ3n) is 4.51. The van der Waals surface area contributed by atoms with Crippen molar-refractivity contribution in [2.75, 3.05) is 19.6 Å². The Labute approximate surface area is 112 Å². The zero-order valence-corrected chi connectivity index (χ0v) is 11.1. The summed E-state index contributed by atoms with van der Waals surface area (Å²) >= 11 is 0. The molecule has 3 aliphatic heterocycles. The minimum absolute atomic E-state index is 0.0270. The smallest absolute Gasteiger partial charge is 0.326 e. The van der Waals surface area contributed by atoms with Gasteiger partial charge in [0.15, 0.2) is 0 Å². The molecule has 6 heteroatoms. The number of morpholine rings is 1. The summed E-state index contributed by atoms with van der Waals surface area (Å²) in [6, 6.07) is -0.801. The number of carboxylic acid groups (broad SMARTS) is 1. The summed E-state index contributed by atoms with van der Waals surface area (Å²) in [5, 5.41) is 9.28. The molecule has 0 aliphatic carbocycles. The summed E-state index contributed by atoms with van der Waals surface area (Å²) in [4.78, 5) is 27.1. The van der Waals surface area contributed by atoms with Gasteiger partial charge in [-0.25, -0.2) is 9.59 Å². The van der Waals surface area contributed by atoms with Crippen molar-refractivity contribution in [1.29, 1.82) is 0 Å². The number of aliphatic carboxylic acids is 1. The van der Waals surface area contributed by atoms with Gasteiger partial charge in [0, 0.05) is 19.6 Å². The van der Waals surface area contributed by atoms with Gasteiger partial charge in [0.2, 0.25) is 0 Å². The van der Waals surface area contributed by atoms with E-state index < -0.39 is 12.0 Å². The molecule has 2 bridgehead atoms. The van der Waals surface area contributed by atoms with E-state index in [4.69, 9.17) is 4.74 Å². The van der Waals surface area contributed by atoms with Gasteiger partial charge in [0.05, 0.1) is 12.2 Å². The van der Waals surface area contributed by atoms with Crippen molar-refractivity contribution >= 4 is 12.0 Å². The van der Waals surface area contributed by atoms with E-state index in [1.807, 2.05) is 6.92 Å². The fourth-order valence-corrected chi connectivity index (χ4v) is 3.49. The largest absolute Gasteiger partial charge is 0.480 e. The van der Waals surface area contributed by atoms with Crippen molar-refractivity contribution in [2.24, 2.45) is 5.92 Å². The van der Waals surface area contributed by atoms with Crippen LogP contribution in [0.2, 0.25) is 0 Å². The lowest BCUT2D eigenvalue weighted by molar-refractivity contribution is -0.142. The van der Waals surface area contributed by atoms with E-state index in [0.29, 0.717) is 19.6 Å². The number of ether oxygens (including phenoxy) is 1. The number of hydrogen-bond acceptors (Lipinski definition) is 3. The second-order valence-corrected chi connectivity index (χ2v) is 5.89. The van der Waals surface area contributed by atoms with Gasteiger partial charge in [-0.15, -0.1) is 0 Å². The molecule has 1 N–H and O–H groups in total. The van der Waals surface area contributed by atoms with Gasteiger partial charge in [-0.1, -0.05) is 6.92 Å². The Morgan fingerprint density at radius 3 is 2.37 bits per heavy atom. The number of nitrogens with zero attached hydrogens (tertiary/aromatic N) is 2. The maximum absolute atomic E-state index is 12.5. The number of urea groups is 1. The zero-order chi connectivity index (χ0) is 13.6. The van der Waals surface area contributed by atoms with Gasteiger partial charge in [0.25, 0.3) is 0 Å². The lowest BCUT2D eigenvalue weighted by Crippen LogP contribution is -2.54. The van der Waals surface area contributed by atoms with Crippen LogP contribution in [0.15, 0.2) is 0 Å². The second-order valence-electron chi connectivity index (χ2n) is 5.89. The third kappa shape index (κ3) is 2.18. The molecule has 3 heterocycles. The average Bonchev–Trinajstić information content (AvgIpc) is 2.91. The minimum Gasteiger partial charge on any atom is -0.480 e. The van der Waals surface area contributed by atoms with Crippen molar-refractivity contribution < 1.29 is 19.4 Å². The van der Waals surface area contributed by atoms with Gasteiger partial charge in [0.1, 0.15) is 6.04 Å². The highest BCUT2D eigenvalue weighted by molar-refractivity contribution is 5.83. The molecule has 3 fully saturated rings. The Bertz CT molecular complexity index is 388. The molecule has 0 spiro atoms. The summed E-state index contributed by atoms with van der Waals surface area (Å²) in [5.74, 6) is -0.867. The molecule has 3 saturated heterocycles. The van der Waals surface area contributed by atoms with Crippen LogP contribution in [0.4, 0.5) is 4.79 Å². The van der Waals surface area contributed by atoms with E-state index in [-0.39, 0.29) is 24.2 Å². The predicted octanol–water partition coefficient (Wildman–Crippen LogP) is 0.765. The van der Waals surface area contributed by atoms with Crippen LogP contribution in [-0.2, 0) is 9.53 Å². The molecule has 0 radical (unpaired) electrons. The fourth-order valence-electron chi connectivity index (χ4n) is 3.49. The maximum atomic E-state index is 12.5. The van der Waals surface area contributed by atoms with Crippen molar-refractivity contribution in [3.05, 3.63) is 0 Å². The Hall–Kier alpha value is -1.30. The van der Waals surface area contributed by atoms with Crippen LogP contribution in [-0.4, -0.2) is 64.8 Å². The monoisotopic (exact) mass is 268 g/mol. The van der Waals surface area contributed by atoms with E-state index in [2.05, 4.69) is 0 Å². The highest BCUT2D eigenvalue weighted by atomic mass is 16.5. The van der Waals surface area contributed by atoms with Crippen molar-refractivity contribution in [3.63, 3.8) is 0 Å². The molecule has 3 rings (SSSR count). The number of carbonyl (C=O) groups is 2. The summed E-state index contributed by atoms with van der Waals surface area (Å²) in [5.41, 5.74) is 0. The van der Waals surface area contributed by atoms with Gasteiger partial charge in [-0.05, 0) is 25.2 Å². The number of hydrogen-bond donors (Lipinski definition) is 1. The molecule has 0 saturated carbocycles. The first-order valence-electron chi connectivity index (χ1n) is 7.00. The zero-order valence-electron chi connectivity index (χ0n) is 11.1. The number of likely N-dealkylation sites (tertiary alicyclic amines) is 2. The molecule has 4 atom stereocenters. The molecule has 19 heavy (non-hydrogen) atoms. The highest BCUT2D eigenvalue weighted by Gasteiger charge is 2.43. The van der Waals surface area contributed by atoms with Gasteiger partial charge >= 0.3 is 12.0 Å². The molecule has 3 aliphatic rings. The average molecular weight is 268 g/mol. The molecule has 0 aromatic carbocycles. The maximum Gasteiger partial charge on any atom is 0.326 e. The molecule has 4 unspecified atom stereocenters. The molecule has 2 amide bonds. The van der Waals surface area contributed by atoms with E-state index in [1.165, 1.54) is 4.90 Å². The number of rotatable bonds is 1. The van der Waals surface area contributed by atoms with Crippen LogP contribution in [0.25, 0.3) is 0 Å². The summed E-state index contributed by atoms with van der Waals surface area (Å²) in [7, 11) is 0. The molecular formula is C13H20N2O4. The van der Waals surface area contributed by atoms with Crippen LogP contribution in [0, 0.1) is 5.92 Å².